The maximum Gasteiger partial charge on any atom is 0.130 e. The molecule has 0 aromatic heterocycles. The van der Waals surface area contributed by atoms with Crippen LogP contribution in [0, 0.1) is 20.8 Å². The molecule has 2 nitrogen and oxygen atoms in total. The number of ether oxygens (including phenoxy) is 1. The summed E-state index contributed by atoms with van der Waals surface area (Å²) >= 11 is 0. The molecule has 0 fully saturated rings. The smallest absolute Gasteiger partial charge is 0.130 e. The summed E-state index contributed by atoms with van der Waals surface area (Å²) in [6.45, 7) is 6.14. The average Bonchev–Trinajstić information content (AvgIpc) is 2.28. The molecule has 88 valence electrons. The summed E-state index contributed by atoms with van der Waals surface area (Å²) < 4.78 is 5.92. The van der Waals surface area contributed by atoms with Crippen LogP contribution >= 0.6 is 0 Å². The van der Waals surface area contributed by atoms with E-state index in [2.05, 4.69) is 19.9 Å². The number of rotatable bonds is 2. The molecular formula is C15H17NO. The summed E-state index contributed by atoms with van der Waals surface area (Å²) in [6, 6.07) is 11.8. The molecule has 0 bridgehead atoms. The van der Waals surface area contributed by atoms with E-state index in [0.29, 0.717) is 0 Å². The van der Waals surface area contributed by atoms with Crippen molar-refractivity contribution in [2.75, 3.05) is 5.73 Å². The van der Waals surface area contributed by atoms with E-state index in [1.54, 1.807) is 0 Å². The second kappa shape index (κ2) is 4.50. The van der Waals surface area contributed by atoms with E-state index in [9.17, 15) is 0 Å². The lowest BCUT2D eigenvalue weighted by Gasteiger charge is -2.12. The third kappa shape index (κ3) is 2.41. The first-order valence-electron chi connectivity index (χ1n) is 5.68. The summed E-state index contributed by atoms with van der Waals surface area (Å²) in [5, 5.41) is 0. The molecule has 0 atom stereocenters. The summed E-state index contributed by atoms with van der Waals surface area (Å²) in [5.41, 5.74) is 9.93. The fraction of sp³-hybridized carbons (Fsp3) is 0.200. The Kier molecular flexibility index (Phi) is 3.05. The van der Waals surface area contributed by atoms with Crippen molar-refractivity contribution in [3.05, 3.63) is 53.1 Å². The number of nitrogen functional groups attached to an aromatic ring is 1. The Balaban J connectivity index is 2.35. The quantitative estimate of drug-likeness (QED) is 0.787. The van der Waals surface area contributed by atoms with Crippen LogP contribution in [-0.4, -0.2) is 0 Å². The minimum absolute atomic E-state index is 0.760. The third-order valence-electron chi connectivity index (χ3n) is 2.97. The largest absolute Gasteiger partial charge is 0.457 e. The number of nitrogens with two attached hydrogens (primary N) is 1. The lowest BCUT2D eigenvalue weighted by molar-refractivity contribution is 0.475. The highest BCUT2D eigenvalue weighted by Crippen LogP contribution is 2.29. The molecule has 0 aliphatic heterocycles. The molecule has 2 heteroatoms. The molecule has 0 saturated heterocycles. The molecule has 0 saturated carbocycles. The molecule has 2 aromatic rings. The fourth-order valence-corrected chi connectivity index (χ4v) is 1.74. The van der Waals surface area contributed by atoms with E-state index >= 15 is 0 Å². The Morgan fingerprint density at radius 3 is 2.35 bits per heavy atom. The third-order valence-corrected chi connectivity index (χ3v) is 2.97. The van der Waals surface area contributed by atoms with E-state index in [-0.39, 0.29) is 0 Å². The summed E-state index contributed by atoms with van der Waals surface area (Å²) in [4.78, 5) is 0. The van der Waals surface area contributed by atoms with Gasteiger partial charge in [-0.2, -0.15) is 0 Å². The molecule has 17 heavy (non-hydrogen) atoms. The van der Waals surface area contributed by atoms with Crippen LogP contribution in [0.4, 0.5) is 5.69 Å². The summed E-state index contributed by atoms with van der Waals surface area (Å²) in [5.74, 6) is 1.76. The van der Waals surface area contributed by atoms with Crippen molar-refractivity contribution in [3.63, 3.8) is 0 Å². The van der Waals surface area contributed by atoms with Gasteiger partial charge >= 0.3 is 0 Å². The van der Waals surface area contributed by atoms with Gasteiger partial charge in [-0.1, -0.05) is 12.1 Å². The lowest BCUT2D eigenvalue weighted by Crippen LogP contribution is -1.93. The predicted molar refractivity (Wildman–Crippen MR) is 71.6 cm³/mol. The topological polar surface area (TPSA) is 35.2 Å². The van der Waals surface area contributed by atoms with Crippen LogP contribution in [0.1, 0.15) is 16.7 Å². The number of hydrogen-bond acceptors (Lipinski definition) is 2. The average molecular weight is 227 g/mol. The second-order valence-electron chi connectivity index (χ2n) is 4.33. The molecule has 0 aliphatic rings. The molecule has 2 N–H and O–H groups in total. The van der Waals surface area contributed by atoms with Crippen LogP contribution in [0.25, 0.3) is 0 Å². The van der Waals surface area contributed by atoms with Crippen molar-refractivity contribution < 1.29 is 4.74 Å². The van der Waals surface area contributed by atoms with Crippen LogP contribution in [-0.2, 0) is 0 Å². The zero-order valence-electron chi connectivity index (χ0n) is 10.4. The minimum Gasteiger partial charge on any atom is -0.457 e. The molecule has 0 heterocycles. The van der Waals surface area contributed by atoms with Crippen molar-refractivity contribution in [3.8, 4) is 11.5 Å². The highest BCUT2D eigenvalue weighted by Gasteiger charge is 2.05. The van der Waals surface area contributed by atoms with Gasteiger partial charge in [0.2, 0.25) is 0 Å². The van der Waals surface area contributed by atoms with Crippen LogP contribution in [0.15, 0.2) is 36.4 Å². The van der Waals surface area contributed by atoms with E-state index < -0.39 is 0 Å². The maximum atomic E-state index is 5.92. The van der Waals surface area contributed by atoms with Gasteiger partial charge in [-0.05, 0) is 61.7 Å². The Morgan fingerprint density at radius 1 is 0.882 bits per heavy atom. The van der Waals surface area contributed by atoms with Gasteiger partial charge in [0.25, 0.3) is 0 Å². The van der Waals surface area contributed by atoms with Crippen LogP contribution < -0.4 is 10.5 Å². The lowest BCUT2D eigenvalue weighted by atomic mass is 10.1. The number of benzene rings is 2. The van der Waals surface area contributed by atoms with Crippen molar-refractivity contribution in [1.29, 1.82) is 0 Å². The Hall–Kier alpha value is -1.96. The van der Waals surface area contributed by atoms with Crippen molar-refractivity contribution in [2.24, 2.45) is 0 Å². The Labute approximate surface area is 102 Å². The first-order valence-corrected chi connectivity index (χ1v) is 5.68. The van der Waals surface area contributed by atoms with Gasteiger partial charge in [0.15, 0.2) is 0 Å². The first-order chi connectivity index (χ1) is 8.08. The van der Waals surface area contributed by atoms with E-state index in [1.807, 2.05) is 37.3 Å². The van der Waals surface area contributed by atoms with Gasteiger partial charge in [-0.25, -0.2) is 0 Å². The standard InChI is InChI=1S/C15H17NO/c1-10-5-4-6-15(12(10)3)17-14-8-7-13(16)9-11(14)2/h4-9H,16H2,1-3H3. The monoisotopic (exact) mass is 227 g/mol. The summed E-state index contributed by atoms with van der Waals surface area (Å²) in [6.07, 6.45) is 0. The van der Waals surface area contributed by atoms with Crippen molar-refractivity contribution in [2.45, 2.75) is 20.8 Å². The molecule has 2 rings (SSSR count). The molecular weight excluding hydrogens is 210 g/mol. The van der Waals surface area contributed by atoms with Gasteiger partial charge in [-0.3, -0.25) is 0 Å². The van der Waals surface area contributed by atoms with Crippen molar-refractivity contribution >= 4 is 5.69 Å². The molecule has 0 aliphatic carbocycles. The first kappa shape index (κ1) is 11.5. The van der Waals surface area contributed by atoms with Gasteiger partial charge in [0, 0.05) is 5.69 Å². The molecule has 0 radical (unpaired) electrons. The maximum absolute atomic E-state index is 5.92. The van der Waals surface area contributed by atoms with Crippen LogP contribution in [0.3, 0.4) is 0 Å². The molecule has 0 spiro atoms. The van der Waals surface area contributed by atoms with E-state index in [0.717, 1.165) is 22.7 Å². The number of aryl methyl sites for hydroxylation is 2. The van der Waals surface area contributed by atoms with Gasteiger partial charge < -0.3 is 10.5 Å². The second-order valence-corrected chi connectivity index (χ2v) is 4.33. The Bertz CT molecular complexity index is 547. The molecule has 0 amide bonds. The molecule has 2 aromatic carbocycles. The fourth-order valence-electron chi connectivity index (χ4n) is 1.74. The molecule has 0 unspecified atom stereocenters. The highest BCUT2D eigenvalue weighted by atomic mass is 16.5. The summed E-state index contributed by atoms with van der Waals surface area (Å²) in [7, 11) is 0. The van der Waals surface area contributed by atoms with E-state index in [1.165, 1.54) is 11.1 Å². The normalized spacial score (nSPS) is 10.3. The van der Waals surface area contributed by atoms with Crippen molar-refractivity contribution in [1.82, 2.24) is 0 Å². The zero-order valence-corrected chi connectivity index (χ0v) is 10.4. The zero-order chi connectivity index (χ0) is 12.4. The van der Waals surface area contributed by atoms with Crippen LogP contribution in [0.2, 0.25) is 0 Å². The van der Waals surface area contributed by atoms with E-state index in [4.69, 9.17) is 10.5 Å². The van der Waals surface area contributed by atoms with Crippen LogP contribution in [0.5, 0.6) is 11.5 Å². The van der Waals surface area contributed by atoms with Gasteiger partial charge in [0.1, 0.15) is 11.5 Å². The SMILES string of the molecule is Cc1cc(N)ccc1Oc1cccc(C)c1C. The van der Waals surface area contributed by atoms with Gasteiger partial charge in [-0.15, -0.1) is 0 Å². The highest BCUT2D eigenvalue weighted by molar-refractivity contribution is 5.49. The van der Waals surface area contributed by atoms with Gasteiger partial charge in [0.05, 0.1) is 0 Å². The number of anilines is 1. The predicted octanol–water partition coefficient (Wildman–Crippen LogP) is 3.99. The Morgan fingerprint density at radius 2 is 1.65 bits per heavy atom. The minimum atomic E-state index is 0.760. The number of hydrogen-bond donors (Lipinski definition) is 1.